The molecule has 0 fully saturated rings. The van der Waals surface area contributed by atoms with Crippen molar-refractivity contribution in [2.75, 3.05) is 18.4 Å². The number of rotatable bonds is 5. The normalized spacial score (nSPS) is 13.8. The van der Waals surface area contributed by atoms with Crippen molar-refractivity contribution in [1.82, 2.24) is 4.72 Å². The van der Waals surface area contributed by atoms with Gasteiger partial charge >= 0.3 is 5.97 Å². The van der Waals surface area contributed by atoms with Crippen LogP contribution < -0.4 is 4.72 Å². The number of methoxy groups -OCH3 is 1. The van der Waals surface area contributed by atoms with Crippen LogP contribution in [0.15, 0.2) is 0 Å². The first-order valence-corrected chi connectivity index (χ1v) is 5.99. The summed E-state index contributed by atoms with van der Waals surface area (Å²) in [4.78, 5) is 10.8. The molecule has 1 unspecified atom stereocenters. The lowest BCUT2D eigenvalue weighted by Gasteiger charge is -2.12. The Hall–Kier alpha value is -0.180. The smallest absolute Gasteiger partial charge is 0.326 e. The van der Waals surface area contributed by atoms with Gasteiger partial charge in [-0.05, 0) is 0 Å². The van der Waals surface area contributed by atoms with Gasteiger partial charge in [0.2, 0.25) is 10.0 Å². The number of sulfonamides is 1. The van der Waals surface area contributed by atoms with Crippen LogP contribution in [-0.4, -0.2) is 43.9 Å². The van der Waals surface area contributed by atoms with Gasteiger partial charge in [-0.2, -0.15) is 4.72 Å². The fourth-order valence-corrected chi connectivity index (χ4v) is 1.61. The Morgan fingerprint density at radius 2 is 2.23 bits per heavy atom. The molecular weight excluding hydrogens is 266 g/mol. The van der Waals surface area contributed by atoms with Crippen LogP contribution in [0.5, 0.6) is 0 Å². The molecule has 13 heavy (non-hydrogen) atoms. The number of aliphatic hydroxyl groups is 1. The van der Waals surface area contributed by atoms with Gasteiger partial charge in [-0.25, -0.2) is 8.42 Å². The molecule has 2 N–H and O–H groups in total. The summed E-state index contributed by atoms with van der Waals surface area (Å²) in [6, 6.07) is -1.24. The summed E-state index contributed by atoms with van der Waals surface area (Å²) in [5.74, 6) is -0.827. The first-order chi connectivity index (χ1) is 5.96. The second kappa shape index (κ2) is 5.53. The van der Waals surface area contributed by atoms with E-state index < -0.39 is 28.6 Å². The molecule has 0 aliphatic carbocycles. The van der Waals surface area contributed by atoms with Crippen LogP contribution in [0, 0.1) is 0 Å². The zero-order valence-electron chi connectivity index (χ0n) is 6.86. The maximum absolute atomic E-state index is 10.9. The van der Waals surface area contributed by atoms with Gasteiger partial charge in [0.15, 0.2) is 0 Å². The first kappa shape index (κ1) is 12.8. The molecule has 0 amide bonds. The minimum Gasteiger partial charge on any atom is -0.468 e. The van der Waals surface area contributed by atoms with E-state index in [-0.39, 0.29) is 4.66 Å². The number of ether oxygens (including phenoxy) is 1. The Balaban J connectivity index is 4.38. The van der Waals surface area contributed by atoms with Crippen LogP contribution in [0.3, 0.4) is 0 Å². The van der Waals surface area contributed by atoms with E-state index >= 15 is 0 Å². The maximum Gasteiger partial charge on any atom is 0.326 e. The number of alkyl halides is 1. The number of hydrogen-bond donors (Lipinski definition) is 2. The number of hydrogen-bond acceptors (Lipinski definition) is 5. The lowest BCUT2D eigenvalue weighted by Crippen LogP contribution is -2.44. The summed E-state index contributed by atoms with van der Waals surface area (Å²) in [6.45, 7) is -0.640. The zero-order chi connectivity index (χ0) is 10.5. The van der Waals surface area contributed by atoms with E-state index in [1.807, 2.05) is 4.72 Å². The number of carbonyl (C=O) groups is 1. The van der Waals surface area contributed by atoms with Gasteiger partial charge in [0.1, 0.15) is 10.7 Å². The second-order valence-corrected chi connectivity index (χ2v) is 5.16. The molecule has 0 aliphatic rings. The van der Waals surface area contributed by atoms with Crippen LogP contribution in [0.4, 0.5) is 0 Å². The number of nitrogens with one attached hydrogen (secondary N) is 1. The lowest BCUT2D eigenvalue weighted by molar-refractivity contribution is -0.143. The number of halogens is 1. The Kier molecular flexibility index (Phi) is 5.45. The van der Waals surface area contributed by atoms with E-state index in [2.05, 4.69) is 20.7 Å². The molecule has 0 aromatic rings. The number of aliphatic hydroxyl groups excluding tert-OH is 1. The minimum atomic E-state index is -3.58. The molecule has 78 valence electrons. The SMILES string of the molecule is COC(=O)C(CO)NS(=O)(=O)CBr. The maximum atomic E-state index is 10.9. The molecular formula is C5H10BrNO5S. The summed E-state index contributed by atoms with van der Waals surface area (Å²) in [6.07, 6.45) is 0. The molecule has 1 atom stereocenters. The second-order valence-electron chi connectivity index (χ2n) is 2.10. The highest BCUT2D eigenvalue weighted by Gasteiger charge is 2.23. The Bertz CT molecular complexity index is 264. The molecule has 0 saturated heterocycles. The molecule has 0 rings (SSSR count). The minimum absolute atomic E-state index is 0.340. The Labute approximate surface area is 84.4 Å². The summed E-state index contributed by atoms with van der Waals surface area (Å²) in [5.41, 5.74) is 0. The Morgan fingerprint density at radius 1 is 1.69 bits per heavy atom. The fraction of sp³-hybridized carbons (Fsp3) is 0.800. The van der Waals surface area contributed by atoms with E-state index in [0.29, 0.717) is 0 Å². The van der Waals surface area contributed by atoms with Crippen LogP contribution in [0.1, 0.15) is 0 Å². The van der Waals surface area contributed by atoms with Crippen LogP contribution in [0.2, 0.25) is 0 Å². The number of esters is 1. The molecule has 0 aromatic heterocycles. The largest absolute Gasteiger partial charge is 0.468 e. The molecule has 0 spiro atoms. The predicted octanol–water partition coefficient (Wildman–Crippen LogP) is -1.21. The topological polar surface area (TPSA) is 92.7 Å². The summed E-state index contributed by atoms with van der Waals surface area (Å²) < 4.78 is 27.7. The number of carbonyl (C=O) groups excluding carboxylic acids is 1. The summed E-state index contributed by atoms with van der Waals surface area (Å²) in [7, 11) is -2.48. The third-order valence-corrected chi connectivity index (χ3v) is 3.87. The fourth-order valence-electron chi connectivity index (χ4n) is 0.550. The lowest BCUT2D eigenvalue weighted by atomic mass is 10.3. The van der Waals surface area contributed by atoms with Crippen molar-refractivity contribution in [2.24, 2.45) is 0 Å². The molecule has 0 radical (unpaired) electrons. The third kappa shape index (κ3) is 4.55. The third-order valence-electron chi connectivity index (χ3n) is 1.13. The quantitative estimate of drug-likeness (QED) is 0.485. The Morgan fingerprint density at radius 3 is 2.54 bits per heavy atom. The predicted molar refractivity (Wildman–Crippen MR) is 48.7 cm³/mol. The van der Waals surface area contributed by atoms with Crippen molar-refractivity contribution < 1.29 is 23.1 Å². The van der Waals surface area contributed by atoms with E-state index in [0.717, 1.165) is 7.11 Å². The highest BCUT2D eigenvalue weighted by atomic mass is 79.9. The van der Waals surface area contributed by atoms with Crippen molar-refractivity contribution in [3.05, 3.63) is 0 Å². The summed E-state index contributed by atoms with van der Waals surface area (Å²) in [5, 5.41) is 8.64. The molecule has 0 bridgehead atoms. The van der Waals surface area contributed by atoms with Crippen molar-refractivity contribution in [3.63, 3.8) is 0 Å². The molecule has 0 saturated carbocycles. The standard InChI is InChI=1S/C5H10BrNO5S/c1-12-5(9)4(2-8)7-13(10,11)3-6/h4,7-8H,2-3H2,1H3. The van der Waals surface area contributed by atoms with Gasteiger partial charge < -0.3 is 9.84 Å². The molecule has 6 nitrogen and oxygen atoms in total. The van der Waals surface area contributed by atoms with Crippen LogP contribution in [0.25, 0.3) is 0 Å². The van der Waals surface area contributed by atoms with Crippen molar-refractivity contribution in [3.8, 4) is 0 Å². The highest BCUT2D eigenvalue weighted by molar-refractivity contribution is 9.10. The van der Waals surface area contributed by atoms with Gasteiger partial charge in [0.05, 0.1) is 13.7 Å². The molecule has 0 aromatic carbocycles. The summed E-state index contributed by atoms with van der Waals surface area (Å²) >= 11 is 2.72. The van der Waals surface area contributed by atoms with Gasteiger partial charge in [0.25, 0.3) is 0 Å². The van der Waals surface area contributed by atoms with Gasteiger partial charge in [-0.1, -0.05) is 15.9 Å². The van der Waals surface area contributed by atoms with Crippen molar-refractivity contribution in [1.29, 1.82) is 0 Å². The van der Waals surface area contributed by atoms with E-state index in [1.54, 1.807) is 0 Å². The van der Waals surface area contributed by atoms with E-state index in [1.165, 1.54) is 0 Å². The van der Waals surface area contributed by atoms with Crippen LogP contribution in [-0.2, 0) is 19.6 Å². The molecule has 8 heteroatoms. The van der Waals surface area contributed by atoms with Gasteiger partial charge in [-0.3, -0.25) is 4.79 Å². The van der Waals surface area contributed by atoms with Crippen LogP contribution >= 0.6 is 15.9 Å². The van der Waals surface area contributed by atoms with E-state index in [9.17, 15) is 13.2 Å². The average molecular weight is 276 g/mol. The van der Waals surface area contributed by atoms with Gasteiger partial charge in [0, 0.05) is 0 Å². The molecule has 0 aliphatic heterocycles. The molecule has 0 heterocycles. The monoisotopic (exact) mass is 275 g/mol. The highest BCUT2D eigenvalue weighted by Crippen LogP contribution is 1.95. The average Bonchev–Trinajstić information content (AvgIpc) is 2.13. The zero-order valence-corrected chi connectivity index (χ0v) is 9.26. The van der Waals surface area contributed by atoms with E-state index in [4.69, 9.17) is 5.11 Å². The van der Waals surface area contributed by atoms with Gasteiger partial charge in [-0.15, -0.1) is 0 Å². The first-order valence-electron chi connectivity index (χ1n) is 3.21. The van der Waals surface area contributed by atoms with Crippen molar-refractivity contribution in [2.45, 2.75) is 6.04 Å². The van der Waals surface area contributed by atoms with Crippen molar-refractivity contribution >= 4 is 31.9 Å².